The molecular formula is C13H8F2N2S. The van der Waals surface area contributed by atoms with E-state index in [4.69, 9.17) is 11.0 Å². The molecule has 0 fully saturated rings. The maximum absolute atomic E-state index is 13.7. The molecule has 2 aromatic rings. The normalized spacial score (nSPS) is 10.1. The van der Waals surface area contributed by atoms with Crippen LogP contribution < -0.4 is 5.73 Å². The Morgan fingerprint density at radius 2 is 1.72 bits per heavy atom. The maximum atomic E-state index is 13.7. The van der Waals surface area contributed by atoms with E-state index in [-0.39, 0.29) is 10.5 Å². The van der Waals surface area contributed by atoms with E-state index in [2.05, 4.69) is 0 Å². The SMILES string of the molecule is N#Cc1cc(F)c(Sc2ccccc2N)c(F)c1. The Balaban J connectivity index is 2.42. The third kappa shape index (κ3) is 2.44. The van der Waals surface area contributed by atoms with Crippen molar-refractivity contribution >= 4 is 17.4 Å². The molecule has 0 bridgehead atoms. The van der Waals surface area contributed by atoms with E-state index in [0.29, 0.717) is 10.6 Å². The van der Waals surface area contributed by atoms with Crippen molar-refractivity contribution in [3.05, 3.63) is 53.6 Å². The summed E-state index contributed by atoms with van der Waals surface area (Å²) in [6.45, 7) is 0. The minimum absolute atomic E-state index is 0.0459. The van der Waals surface area contributed by atoms with Gasteiger partial charge < -0.3 is 5.73 Å². The van der Waals surface area contributed by atoms with Crippen LogP contribution in [0.1, 0.15) is 5.56 Å². The number of nitriles is 1. The molecule has 0 heterocycles. The van der Waals surface area contributed by atoms with E-state index < -0.39 is 11.6 Å². The number of hydrogen-bond acceptors (Lipinski definition) is 3. The Kier molecular flexibility index (Phi) is 3.49. The number of para-hydroxylation sites is 1. The van der Waals surface area contributed by atoms with Crippen LogP contribution in [-0.4, -0.2) is 0 Å². The quantitative estimate of drug-likeness (QED) is 0.842. The van der Waals surface area contributed by atoms with Gasteiger partial charge in [-0.1, -0.05) is 23.9 Å². The molecular weight excluding hydrogens is 254 g/mol. The molecule has 18 heavy (non-hydrogen) atoms. The van der Waals surface area contributed by atoms with Gasteiger partial charge in [-0.2, -0.15) is 5.26 Å². The molecule has 0 aliphatic heterocycles. The summed E-state index contributed by atoms with van der Waals surface area (Å²) in [5, 5.41) is 8.60. The molecule has 0 amide bonds. The van der Waals surface area contributed by atoms with Gasteiger partial charge in [-0.3, -0.25) is 0 Å². The fraction of sp³-hybridized carbons (Fsp3) is 0. The topological polar surface area (TPSA) is 49.8 Å². The summed E-state index contributed by atoms with van der Waals surface area (Å²) < 4.78 is 27.3. The lowest BCUT2D eigenvalue weighted by Gasteiger charge is -2.07. The molecule has 2 N–H and O–H groups in total. The number of nitrogen functional groups attached to an aromatic ring is 1. The van der Waals surface area contributed by atoms with Gasteiger partial charge in [0.25, 0.3) is 0 Å². The van der Waals surface area contributed by atoms with Crippen LogP contribution >= 0.6 is 11.8 Å². The van der Waals surface area contributed by atoms with Gasteiger partial charge in [0.1, 0.15) is 11.6 Å². The molecule has 2 nitrogen and oxygen atoms in total. The summed E-state index contributed by atoms with van der Waals surface area (Å²) in [6.07, 6.45) is 0. The smallest absolute Gasteiger partial charge is 0.141 e. The van der Waals surface area contributed by atoms with E-state index >= 15 is 0 Å². The van der Waals surface area contributed by atoms with Crippen molar-refractivity contribution < 1.29 is 8.78 Å². The van der Waals surface area contributed by atoms with Crippen molar-refractivity contribution in [2.45, 2.75) is 9.79 Å². The second-order valence-electron chi connectivity index (χ2n) is 3.52. The van der Waals surface area contributed by atoms with Gasteiger partial charge in [-0.15, -0.1) is 0 Å². The number of rotatable bonds is 2. The first kappa shape index (κ1) is 12.4. The fourth-order valence-corrected chi connectivity index (χ4v) is 2.27. The van der Waals surface area contributed by atoms with Crippen molar-refractivity contribution in [1.29, 1.82) is 5.26 Å². The van der Waals surface area contributed by atoms with Crippen molar-refractivity contribution in [3.8, 4) is 6.07 Å². The predicted molar refractivity (Wildman–Crippen MR) is 66.1 cm³/mol. The minimum Gasteiger partial charge on any atom is -0.398 e. The average Bonchev–Trinajstić information content (AvgIpc) is 2.35. The van der Waals surface area contributed by atoms with Crippen molar-refractivity contribution in [1.82, 2.24) is 0 Å². The lowest BCUT2D eigenvalue weighted by Crippen LogP contribution is -1.92. The zero-order chi connectivity index (χ0) is 13.1. The lowest BCUT2D eigenvalue weighted by molar-refractivity contribution is 0.540. The van der Waals surface area contributed by atoms with E-state index in [9.17, 15) is 8.78 Å². The average molecular weight is 262 g/mol. The Hall–Kier alpha value is -2.06. The largest absolute Gasteiger partial charge is 0.398 e. The van der Waals surface area contributed by atoms with Crippen LogP contribution in [0.3, 0.4) is 0 Å². The molecule has 2 rings (SSSR count). The molecule has 0 saturated heterocycles. The fourth-order valence-electron chi connectivity index (χ4n) is 1.41. The zero-order valence-corrected chi connectivity index (χ0v) is 9.97. The van der Waals surface area contributed by atoms with E-state index in [1.807, 2.05) is 0 Å². The van der Waals surface area contributed by atoms with E-state index in [1.165, 1.54) is 0 Å². The number of nitrogens with zero attached hydrogens (tertiary/aromatic N) is 1. The van der Waals surface area contributed by atoms with Crippen LogP contribution in [0.5, 0.6) is 0 Å². The van der Waals surface area contributed by atoms with Gasteiger partial charge in [-0.25, -0.2) is 8.78 Å². The van der Waals surface area contributed by atoms with E-state index in [1.54, 1.807) is 30.3 Å². The highest BCUT2D eigenvalue weighted by Crippen LogP contribution is 2.35. The summed E-state index contributed by atoms with van der Waals surface area (Å²) in [4.78, 5) is 0.409. The molecule has 0 atom stereocenters. The number of nitrogens with two attached hydrogens (primary N) is 1. The first-order valence-corrected chi connectivity index (χ1v) is 5.85. The third-order valence-corrected chi connectivity index (χ3v) is 3.44. The first-order valence-electron chi connectivity index (χ1n) is 5.03. The van der Waals surface area contributed by atoms with Crippen molar-refractivity contribution in [3.63, 3.8) is 0 Å². The van der Waals surface area contributed by atoms with Gasteiger partial charge >= 0.3 is 0 Å². The van der Waals surface area contributed by atoms with Gasteiger partial charge in [0, 0.05) is 10.6 Å². The summed E-state index contributed by atoms with van der Waals surface area (Å²) in [5.74, 6) is -1.53. The molecule has 0 unspecified atom stereocenters. The molecule has 5 heteroatoms. The molecule has 90 valence electrons. The monoisotopic (exact) mass is 262 g/mol. The Morgan fingerprint density at radius 3 is 2.28 bits per heavy atom. The van der Waals surface area contributed by atoms with Gasteiger partial charge in [0.2, 0.25) is 0 Å². The van der Waals surface area contributed by atoms with Crippen LogP contribution in [-0.2, 0) is 0 Å². The van der Waals surface area contributed by atoms with Crippen molar-refractivity contribution in [2.24, 2.45) is 0 Å². The number of hydrogen-bond donors (Lipinski definition) is 1. The maximum Gasteiger partial charge on any atom is 0.141 e. The summed E-state index contributed by atoms with van der Waals surface area (Å²) in [7, 11) is 0. The van der Waals surface area contributed by atoms with Crippen LogP contribution in [0.15, 0.2) is 46.2 Å². The highest BCUT2D eigenvalue weighted by atomic mass is 32.2. The van der Waals surface area contributed by atoms with Crippen LogP contribution in [0.4, 0.5) is 14.5 Å². The van der Waals surface area contributed by atoms with Gasteiger partial charge in [0.15, 0.2) is 0 Å². The van der Waals surface area contributed by atoms with Crippen LogP contribution in [0, 0.1) is 23.0 Å². The van der Waals surface area contributed by atoms with Gasteiger partial charge in [-0.05, 0) is 24.3 Å². The zero-order valence-electron chi connectivity index (χ0n) is 9.15. The molecule has 0 spiro atoms. The van der Waals surface area contributed by atoms with Crippen LogP contribution in [0.2, 0.25) is 0 Å². The minimum atomic E-state index is -0.764. The van der Waals surface area contributed by atoms with E-state index in [0.717, 1.165) is 23.9 Å². The lowest BCUT2D eigenvalue weighted by atomic mass is 10.2. The van der Waals surface area contributed by atoms with Crippen molar-refractivity contribution in [2.75, 3.05) is 5.73 Å². The molecule has 0 saturated carbocycles. The molecule has 0 aliphatic carbocycles. The molecule has 0 radical (unpaired) electrons. The molecule has 2 aromatic carbocycles. The predicted octanol–water partition coefficient (Wildman–Crippen LogP) is 3.57. The highest BCUT2D eigenvalue weighted by molar-refractivity contribution is 7.99. The summed E-state index contributed by atoms with van der Waals surface area (Å²) >= 11 is 0.902. The second kappa shape index (κ2) is 5.07. The Bertz CT molecular complexity index is 612. The summed E-state index contributed by atoms with van der Waals surface area (Å²) in [6, 6.07) is 10.5. The number of halogens is 2. The highest BCUT2D eigenvalue weighted by Gasteiger charge is 2.13. The number of anilines is 1. The molecule has 0 aromatic heterocycles. The number of benzene rings is 2. The van der Waals surface area contributed by atoms with Crippen LogP contribution in [0.25, 0.3) is 0 Å². The Morgan fingerprint density at radius 1 is 1.11 bits per heavy atom. The second-order valence-corrected chi connectivity index (χ2v) is 4.57. The first-order chi connectivity index (χ1) is 8.61. The third-order valence-electron chi connectivity index (χ3n) is 2.26. The standard InChI is InChI=1S/C13H8F2N2S/c14-9-5-8(7-16)6-10(15)13(9)18-12-4-2-1-3-11(12)17/h1-6H,17H2. The molecule has 0 aliphatic rings. The Labute approximate surface area is 107 Å². The summed E-state index contributed by atoms with van der Waals surface area (Å²) in [5.41, 5.74) is 6.11. The van der Waals surface area contributed by atoms with Gasteiger partial charge in [0.05, 0.1) is 16.5 Å².